The lowest BCUT2D eigenvalue weighted by Crippen LogP contribution is -2.39. The molecule has 0 fully saturated rings. The number of halogens is 4. The van der Waals surface area contributed by atoms with Gasteiger partial charge in [0.05, 0.1) is 13.0 Å². The van der Waals surface area contributed by atoms with Gasteiger partial charge in [0.1, 0.15) is 0 Å². The number of aliphatic hydroxyl groups is 1. The molecule has 0 bridgehead atoms. The SMILES string of the molecule is CCOC(=O)C[C@H](N)c1cc(Br)cc(C(C)(O)C(F)(F)F)c1. The molecule has 2 atom stereocenters. The summed E-state index contributed by atoms with van der Waals surface area (Å²) >= 11 is 3.09. The number of alkyl halides is 3. The number of carbonyl (C=O) groups is 1. The molecule has 1 unspecified atom stereocenters. The largest absolute Gasteiger partial charge is 0.466 e. The average molecular weight is 384 g/mol. The van der Waals surface area contributed by atoms with E-state index < -0.39 is 23.8 Å². The third-order valence-corrected chi connectivity index (χ3v) is 3.61. The Bertz CT molecular complexity index is 547. The van der Waals surface area contributed by atoms with E-state index in [1.54, 1.807) is 6.92 Å². The molecule has 124 valence electrons. The molecule has 0 aliphatic rings. The lowest BCUT2D eigenvalue weighted by atomic mass is 9.92. The fourth-order valence-corrected chi connectivity index (χ4v) is 2.30. The molecule has 1 aromatic carbocycles. The van der Waals surface area contributed by atoms with Crippen molar-refractivity contribution in [2.24, 2.45) is 5.73 Å². The van der Waals surface area contributed by atoms with E-state index in [1.165, 1.54) is 6.07 Å². The van der Waals surface area contributed by atoms with E-state index in [9.17, 15) is 23.1 Å². The minimum absolute atomic E-state index is 0.169. The van der Waals surface area contributed by atoms with Crippen molar-refractivity contribution < 1.29 is 27.8 Å². The normalized spacial score (nSPS) is 16.0. The molecule has 0 spiro atoms. The third kappa shape index (κ3) is 4.44. The number of nitrogens with two attached hydrogens (primary N) is 1. The van der Waals surface area contributed by atoms with Crippen LogP contribution >= 0.6 is 15.9 Å². The Morgan fingerprint density at radius 2 is 2.00 bits per heavy atom. The minimum Gasteiger partial charge on any atom is -0.466 e. The molecule has 0 saturated carbocycles. The monoisotopic (exact) mass is 383 g/mol. The lowest BCUT2D eigenvalue weighted by Gasteiger charge is -2.28. The Labute approximate surface area is 134 Å². The van der Waals surface area contributed by atoms with E-state index >= 15 is 0 Å². The molecule has 0 radical (unpaired) electrons. The highest BCUT2D eigenvalue weighted by Gasteiger charge is 2.51. The summed E-state index contributed by atoms with van der Waals surface area (Å²) in [5, 5.41) is 9.74. The standard InChI is InChI=1S/C14H17BrF3NO3/c1-3-22-12(20)7-11(19)8-4-9(6-10(15)5-8)13(2,21)14(16,17)18/h4-6,11,21H,3,7,19H2,1-2H3/t11-,13?/m0/s1. The summed E-state index contributed by atoms with van der Waals surface area (Å²) in [6.07, 6.45) is -5.01. The third-order valence-electron chi connectivity index (χ3n) is 3.15. The Balaban J connectivity index is 3.12. The number of ether oxygens (including phenoxy) is 1. The van der Waals surface area contributed by atoms with Gasteiger partial charge in [0.25, 0.3) is 0 Å². The van der Waals surface area contributed by atoms with Crippen LogP contribution in [0.2, 0.25) is 0 Å². The first-order chi connectivity index (χ1) is 9.99. The van der Waals surface area contributed by atoms with Gasteiger partial charge in [-0.15, -0.1) is 0 Å². The number of esters is 1. The quantitative estimate of drug-likeness (QED) is 0.765. The second-order valence-electron chi connectivity index (χ2n) is 4.96. The van der Waals surface area contributed by atoms with Crippen molar-refractivity contribution in [3.8, 4) is 0 Å². The average Bonchev–Trinajstić information content (AvgIpc) is 2.36. The summed E-state index contributed by atoms with van der Waals surface area (Å²) in [6, 6.07) is 2.97. The van der Waals surface area contributed by atoms with Gasteiger partial charge in [0.15, 0.2) is 5.60 Å². The van der Waals surface area contributed by atoms with E-state index in [4.69, 9.17) is 10.5 Å². The second-order valence-corrected chi connectivity index (χ2v) is 5.87. The van der Waals surface area contributed by atoms with Crippen molar-refractivity contribution in [2.75, 3.05) is 6.61 Å². The van der Waals surface area contributed by atoms with Gasteiger partial charge in [-0.05, 0) is 37.1 Å². The van der Waals surface area contributed by atoms with Gasteiger partial charge in [-0.2, -0.15) is 13.2 Å². The predicted molar refractivity (Wildman–Crippen MR) is 77.9 cm³/mol. The van der Waals surface area contributed by atoms with Crippen molar-refractivity contribution in [1.82, 2.24) is 0 Å². The molecule has 0 saturated heterocycles. The molecule has 0 heterocycles. The highest BCUT2D eigenvalue weighted by molar-refractivity contribution is 9.10. The van der Waals surface area contributed by atoms with Crippen molar-refractivity contribution in [2.45, 2.75) is 38.1 Å². The molecule has 22 heavy (non-hydrogen) atoms. The number of rotatable bonds is 5. The summed E-state index contributed by atoms with van der Waals surface area (Å²) in [7, 11) is 0. The van der Waals surface area contributed by atoms with Crippen LogP contribution in [0, 0.1) is 0 Å². The summed E-state index contributed by atoms with van der Waals surface area (Å²) in [5.41, 5.74) is 2.75. The van der Waals surface area contributed by atoms with Crippen molar-refractivity contribution in [1.29, 1.82) is 0 Å². The fourth-order valence-electron chi connectivity index (χ4n) is 1.79. The maximum absolute atomic E-state index is 12.9. The maximum atomic E-state index is 12.9. The molecule has 4 nitrogen and oxygen atoms in total. The first kappa shape index (κ1) is 18.9. The summed E-state index contributed by atoms with van der Waals surface area (Å²) in [4.78, 5) is 11.4. The highest BCUT2D eigenvalue weighted by atomic mass is 79.9. The van der Waals surface area contributed by atoms with E-state index in [2.05, 4.69) is 15.9 Å². The van der Waals surface area contributed by atoms with Crippen molar-refractivity contribution in [3.05, 3.63) is 33.8 Å². The van der Waals surface area contributed by atoms with E-state index in [0.29, 0.717) is 17.0 Å². The van der Waals surface area contributed by atoms with E-state index in [1.807, 2.05) is 0 Å². The van der Waals surface area contributed by atoms with Gasteiger partial charge >= 0.3 is 12.1 Å². The zero-order valence-corrected chi connectivity index (χ0v) is 13.7. The zero-order chi connectivity index (χ0) is 17.1. The predicted octanol–water partition coefficient (Wildman–Crippen LogP) is 3.17. The van der Waals surface area contributed by atoms with Crippen LogP contribution in [-0.4, -0.2) is 23.9 Å². The number of hydrogen-bond acceptors (Lipinski definition) is 4. The second kappa shape index (κ2) is 6.97. The summed E-state index contributed by atoms with van der Waals surface area (Å²) in [5.74, 6) is -0.542. The lowest BCUT2D eigenvalue weighted by molar-refractivity contribution is -0.258. The van der Waals surface area contributed by atoms with Crippen molar-refractivity contribution in [3.63, 3.8) is 0 Å². The van der Waals surface area contributed by atoms with Crippen LogP contribution in [0.4, 0.5) is 13.2 Å². The van der Waals surface area contributed by atoms with Crippen LogP contribution in [0.25, 0.3) is 0 Å². The van der Waals surface area contributed by atoms with Crippen molar-refractivity contribution >= 4 is 21.9 Å². The van der Waals surface area contributed by atoms with Gasteiger partial charge in [-0.3, -0.25) is 4.79 Å². The van der Waals surface area contributed by atoms with Crippen LogP contribution in [0.3, 0.4) is 0 Å². The Hall–Kier alpha value is -1.12. The molecule has 0 aliphatic carbocycles. The molecule has 0 aliphatic heterocycles. The molecule has 0 amide bonds. The maximum Gasteiger partial charge on any atom is 0.421 e. The molecule has 1 aromatic rings. The fraction of sp³-hybridized carbons (Fsp3) is 0.500. The minimum atomic E-state index is -4.84. The Kier molecular flexibility index (Phi) is 6.00. The smallest absolute Gasteiger partial charge is 0.421 e. The van der Waals surface area contributed by atoms with Crippen LogP contribution in [0.15, 0.2) is 22.7 Å². The number of carbonyl (C=O) groups excluding carboxylic acids is 1. The summed E-state index contributed by atoms with van der Waals surface area (Å²) in [6.45, 7) is 2.49. The van der Waals surface area contributed by atoms with Gasteiger partial charge in [-0.1, -0.05) is 22.0 Å². The highest BCUT2D eigenvalue weighted by Crippen LogP contribution is 2.40. The first-order valence-electron chi connectivity index (χ1n) is 6.50. The number of hydrogen-bond donors (Lipinski definition) is 2. The van der Waals surface area contributed by atoms with Crippen LogP contribution in [0.5, 0.6) is 0 Å². The molecule has 3 N–H and O–H groups in total. The zero-order valence-electron chi connectivity index (χ0n) is 12.1. The van der Waals surface area contributed by atoms with Gasteiger partial charge in [0.2, 0.25) is 0 Å². The van der Waals surface area contributed by atoms with Gasteiger partial charge < -0.3 is 15.6 Å². The van der Waals surface area contributed by atoms with Crippen LogP contribution < -0.4 is 5.73 Å². The van der Waals surface area contributed by atoms with Crippen LogP contribution in [0.1, 0.15) is 37.4 Å². The Morgan fingerprint density at radius 1 is 1.41 bits per heavy atom. The Morgan fingerprint density at radius 3 is 2.50 bits per heavy atom. The van der Waals surface area contributed by atoms with Gasteiger partial charge in [-0.25, -0.2) is 0 Å². The molecule has 1 rings (SSSR count). The molecular formula is C14H17BrF3NO3. The van der Waals surface area contributed by atoms with Crippen LogP contribution in [-0.2, 0) is 15.1 Å². The molecule has 8 heteroatoms. The molecular weight excluding hydrogens is 367 g/mol. The van der Waals surface area contributed by atoms with Gasteiger partial charge in [0, 0.05) is 10.5 Å². The first-order valence-corrected chi connectivity index (χ1v) is 7.29. The van der Waals surface area contributed by atoms with E-state index in [0.717, 1.165) is 12.1 Å². The summed E-state index contributed by atoms with van der Waals surface area (Å²) < 4.78 is 43.8. The van der Waals surface area contributed by atoms with E-state index in [-0.39, 0.29) is 18.6 Å². The molecule has 0 aromatic heterocycles. The number of benzene rings is 1. The topological polar surface area (TPSA) is 72.5 Å².